The van der Waals surface area contributed by atoms with Crippen LogP contribution in [0.4, 0.5) is 0 Å². The van der Waals surface area contributed by atoms with Crippen molar-refractivity contribution >= 4 is 0 Å². The van der Waals surface area contributed by atoms with E-state index in [1.807, 2.05) is 0 Å². The quantitative estimate of drug-likeness (QED) is 0.750. The third kappa shape index (κ3) is 2.58. The average Bonchev–Trinajstić information content (AvgIpc) is 2.34. The Bertz CT molecular complexity index is 200. The second-order valence-electron chi connectivity index (χ2n) is 5.43. The van der Waals surface area contributed by atoms with Crippen molar-refractivity contribution in [2.75, 3.05) is 27.3 Å². The summed E-state index contributed by atoms with van der Waals surface area (Å²) in [6.45, 7) is 2.42. The van der Waals surface area contributed by atoms with Crippen LogP contribution in [-0.2, 0) is 9.47 Å². The highest BCUT2D eigenvalue weighted by molar-refractivity contribution is 4.89. The van der Waals surface area contributed by atoms with Gasteiger partial charge in [-0.05, 0) is 57.0 Å². The minimum Gasteiger partial charge on any atom is -0.356 e. The minimum atomic E-state index is 0.0130. The van der Waals surface area contributed by atoms with Crippen LogP contribution in [0, 0.1) is 11.3 Å². The molecule has 0 aromatic carbocycles. The fraction of sp³-hybridized carbons (Fsp3) is 1.00. The van der Waals surface area contributed by atoms with Gasteiger partial charge in [-0.15, -0.1) is 0 Å². The molecule has 1 aliphatic heterocycles. The van der Waals surface area contributed by atoms with Crippen LogP contribution in [-0.4, -0.2) is 33.6 Å². The molecule has 2 fully saturated rings. The second-order valence-corrected chi connectivity index (χ2v) is 5.43. The molecular formula is C13H25NO2. The van der Waals surface area contributed by atoms with Crippen LogP contribution < -0.4 is 5.32 Å². The number of hydrogen-bond acceptors (Lipinski definition) is 3. The maximum Gasteiger partial charge on any atom is 0.159 e. The number of piperidine rings is 1. The van der Waals surface area contributed by atoms with Crippen molar-refractivity contribution in [1.29, 1.82) is 0 Å². The molecule has 0 aromatic heterocycles. The molecule has 0 atom stereocenters. The van der Waals surface area contributed by atoms with Crippen LogP contribution in [0.25, 0.3) is 0 Å². The summed E-state index contributed by atoms with van der Waals surface area (Å²) >= 11 is 0. The predicted molar refractivity (Wildman–Crippen MR) is 64.3 cm³/mol. The molecule has 3 nitrogen and oxygen atoms in total. The smallest absolute Gasteiger partial charge is 0.159 e. The van der Waals surface area contributed by atoms with E-state index in [-0.39, 0.29) is 6.29 Å². The third-order valence-corrected chi connectivity index (χ3v) is 4.60. The first-order valence-corrected chi connectivity index (χ1v) is 6.56. The van der Waals surface area contributed by atoms with Gasteiger partial charge in [-0.3, -0.25) is 0 Å². The first kappa shape index (κ1) is 12.3. The van der Waals surface area contributed by atoms with Crippen molar-refractivity contribution in [1.82, 2.24) is 5.32 Å². The zero-order chi connectivity index (χ0) is 11.4. The summed E-state index contributed by atoms with van der Waals surface area (Å²) in [5.74, 6) is 0.607. The third-order valence-electron chi connectivity index (χ3n) is 4.60. The molecule has 1 aliphatic carbocycles. The summed E-state index contributed by atoms with van der Waals surface area (Å²) in [6, 6.07) is 0. The van der Waals surface area contributed by atoms with Gasteiger partial charge in [0, 0.05) is 20.1 Å². The SMILES string of the molecule is COC(OC)C1CCC2(CCNCC2)CC1. The van der Waals surface area contributed by atoms with Crippen molar-refractivity contribution in [2.45, 2.75) is 44.8 Å². The molecule has 0 radical (unpaired) electrons. The van der Waals surface area contributed by atoms with Gasteiger partial charge in [-0.25, -0.2) is 0 Å². The summed E-state index contributed by atoms with van der Waals surface area (Å²) in [6.07, 6.45) is 8.01. The summed E-state index contributed by atoms with van der Waals surface area (Å²) in [5, 5.41) is 3.46. The van der Waals surface area contributed by atoms with E-state index in [9.17, 15) is 0 Å². The normalized spacial score (nSPS) is 26.4. The van der Waals surface area contributed by atoms with E-state index in [1.54, 1.807) is 14.2 Å². The van der Waals surface area contributed by atoms with Gasteiger partial charge >= 0.3 is 0 Å². The molecule has 2 aliphatic rings. The molecule has 0 bridgehead atoms. The zero-order valence-electron chi connectivity index (χ0n) is 10.6. The van der Waals surface area contributed by atoms with Crippen molar-refractivity contribution in [3.63, 3.8) is 0 Å². The Labute approximate surface area is 98.9 Å². The highest BCUT2D eigenvalue weighted by Gasteiger charge is 2.38. The molecule has 3 heteroatoms. The van der Waals surface area contributed by atoms with E-state index in [0.717, 1.165) is 0 Å². The molecule has 1 spiro atoms. The first-order chi connectivity index (χ1) is 7.79. The molecule has 1 saturated heterocycles. The summed E-state index contributed by atoms with van der Waals surface area (Å²) in [4.78, 5) is 0. The van der Waals surface area contributed by atoms with E-state index < -0.39 is 0 Å². The summed E-state index contributed by atoms with van der Waals surface area (Å²) in [7, 11) is 3.51. The van der Waals surface area contributed by atoms with Crippen molar-refractivity contribution < 1.29 is 9.47 Å². The van der Waals surface area contributed by atoms with E-state index in [4.69, 9.17) is 9.47 Å². The Morgan fingerprint density at radius 2 is 1.56 bits per heavy atom. The molecule has 1 heterocycles. The molecule has 0 amide bonds. The van der Waals surface area contributed by atoms with Gasteiger partial charge < -0.3 is 14.8 Å². The Kier molecular flexibility index (Phi) is 4.22. The Hall–Kier alpha value is -0.120. The number of rotatable bonds is 3. The van der Waals surface area contributed by atoms with E-state index in [0.29, 0.717) is 11.3 Å². The monoisotopic (exact) mass is 227 g/mol. The van der Waals surface area contributed by atoms with Gasteiger partial charge in [0.05, 0.1) is 0 Å². The highest BCUT2D eigenvalue weighted by atomic mass is 16.7. The van der Waals surface area contributed by atoms with Crippen LogP contribution in [0.3, 0.4) is 0 Å². The minimum absolute atomic E-state index is 0.0130. The zero-order valence-corrected chi connectivity index (χ0v) is 10.6. The van der Waals surface area contributed by atoms with Gasteiger partial charge in [0.25, 0.3) is 0 Å². The molecule has 16 heavy (non-hydrogen) atoms. The fourth-order valence-corrected chi connectivity index (χ4v) is 3.46. The topological polar surface area (TPSA) is 30.5 Å². The molecule has 94 valence electrons. The van der Waals surface area contributed by atoms with Crippen LogP contribution in [0.5, 0.6) is 0 Å². The standard InChI is InChI=1S/C13H25NO2/c1-15-12(16-2)11-3-5-13(6-4-11)7-9-14-10-8-13/h11-12,14H,3-10H2,1-2H3. The molecule has 1 saturated carbocycles. The van der Waals surface area contributed by atoms with Crippen molar-refractivity contribution in [3.8, 4) is 0 Å². The van der Waals surface area contributed by atoms with Crippen LogP contribution in [0.15, 0.2) is 0 Å². The maximum atomic E-state index is 5.38. The lowest BCUT2D eigenvalue weighted by molar-refractivity contribution is -0.150. The lowest BCUT2D eigenvalue weighted by Crippen LogP contribution is -2.41. The molecule has 2 rings (SSSR count). The Balaban J connectivity index is 1.85. The van der Waals surface area contributed by atoms with Gasteiger partial charge in [-0.2, -0.15) is 0 Å². The molecule has 1 N–H and O–H groups in total. The molecule has 0 unspecified atom stereocenters. The number of hydrogen-bond donors (Lipinski definition) is 1. The highest BCUT2D eigenvalue weighted by Crippen LogP contribution is 2.46. The second kappa shape index (κ2) is 5.48. The number of methoxy groups -OCH3 is 2. The fourth-order valence-electron chi connectivity index (χ4n) is 3.46. The number of ether oxygens (including phenoxy) is 2. The number of nitrogens with one attached hydrogen (secondary N) is 1. The lowest BCUT2D eigenvalue weighted by atomic mass is 9.65. The molecule has 0 aromatic rings. The summed E-state index contributed by atoms with van der Waals surface area (Å²) in [5.41, 5.74) is 0.647. The van der Waals surface area contributed by atoms with E-state index >= 15 is 0 Å². The first-order valence-electron chi connectivity index (χ1n) is 6.56. The van der Waals surface area contributed by atoms with Crippen LogP contribution >= 0.6 is 0 Å². The van der Waals surface area contributed by atoms with E-state index in [2.05, 4.69) is 5.32 Å². The van der Waals surface area contributed by atoms with Gasteiger partial charge in [-0.1, -0.05) is 0 Å². The predicted octanol–water partition coefficient (Wildman–Crippen LogP) is 2.17. The average molecular weight is 227 g/mol. The largest absolute Gasteiger partial charge is 0.356 e. The summed E-state index contributed by atoms with van der Waals surface area (Å²) < 4.78 is 10.8. The van der Waals surface area contributed by atoms with Gasteiger partial charge in [0.2, 0.25) is 0 Å². The van der Waals surface area contributed by atoms with Crippen molar-refractivity contribution in [3.05, 3.63) is 0 Å². The van der Waals surface area contributed by atoms with Crippen LogP contribution in [0.1, 0.15) is 38.5 Å². The van der Waals surface area contributed by atoms with E-state index in [1.165, 1.54) is 51.6 Å². The Morgan fingerprint density at radius 3 is 2.06 bits per heavy atom. The molecular weight excluding hydrogens is 202 g/mol. The van der Waals surface area contributed by atoms with Crippen molar-refractivity contribution in [2.24, 2.45) is 11.3 Å². The Morgan fingerprint density at radius 1 is 1.00 bits per heavy atom. The van der Waals surface area contributed by atoms with Gasteiger partial charge in [0.1, 0.15) is 0 Å². The maximum absolute atomic E-state index is 5.38. The lowest BCUT2D eigenvalue weighted by Gasteiger charge is -2.44. The van der Waals surface area contributed by atoms with Gasteiger partial charge in [0.15, 0.2) is 6.29 Å². The van der Waals surface area contributed by atoms with Crippen LogP contribution in [0.2, 0.25) is 0 Å².